The van der Waals surface area contributed by atoms with Gasteiger partial charge in [-0.15, -0.1) is 0 Å². The highest BCUT2D eigenvalue weighted by Crippen LogP contribution is 2.30. The van der Waals surface area contributed by atoms with Crippen molar-refractivity contribution in [2.45, 2.75) is 33.1 Å². The Morgan fingerprint density at radius 1 is 1.42 bits per heavy atom. The highest BCUT2D eigenvalue weighted by atomic mass is 16.5. The second-order valence-corrected chi connectivity index (χ2v) is 4.91. The summed E-state index contributed by atoms with van der Waals surface area (Å²) in [6.45, 7) is 7.08. The lowest BCUT2D eigenvalue weighted by Gasteiger charge is -2.23. The van der Waals surface area contributed by atoms with Gasteiger partial charge >= 0.3 is 5.97 Å². The van der Waals surface area contributed by atoms with Crippen LogP contribution >= 0.6 is 0 Å². The lowest BCUT2D eigenvalue weighted by Crippen LogP contribution is -2.23. The van der Waals surface area contributed by atoms with E-state index in [1.54, 1.807) is 0 Å². The van der Waals surface area contributed by atoms with Gasteiger partial charge in [0.25, 0.3) is 0 Å². The fraction of sp³-hybridized carbons (Fsp3) is 0.533. The molecule has 0 radical (unpaired) electrons. The van der Waals surface area contributed by atoms with E-state index in [1.807, 2.05) is 37.1 Å². The number of ether oxygens (including phenoxy) is 1. The molecular formula is C15H24N2O2. The summed E-state index contributed by atoms with van der Waals surface area (Å²) in [5.74, 6) is 0.214. The lowest BCUT2D eigenvalue weighted by molar-refractivity contribution is -0.142. The standard InChI is InChI=1S/C15H24N2O2/c1-5-19-14(18)9-10-17(4)13-8-6-7-12(11(2)3)15(13)16/h6-8,11H,5,9-10,16H2,1-4H3. The summed E-state index contributed by atoms with van der Waals surface area (Å²) in [6, 6.07) is 6.02. The SMILES string of the molecule is CCOC(=O)CCN(C)c1cccc(C(C)C)c1N. The van der Waals surface area contributed by atoms with Gasteiger partial charge in [0.2, 0.25) is 0 Å². The molecule has 0 saturated heterocycles. The number of nitrogen functional groups attached to an aromatic ring is 1. The van der Waals surface area contributed by atoms with Crippen molar-refractivity contribution in [1.82, 2.24) is 0 Å². The molecule has 0 atom stereocenters. The largest absolute Gasteiger partial charge is 0.466 e. The van der Waals surface area contributed by atoms with Crippen LogP contribution in [-0.2, 0) is 9.53 Å². The molecule has 0 aliphatic carbocycles. The Morgan fingerprint density at radius 3 is 2.68 bits per heavy atom. The van der Waals surface area contributed by atoms with Crippen LogP contribution in [0.3, 0.4) is 0 Å². The quantitative estimate of drug-likeness (QED) is 0.634. The average Bonchev–Trinajstić information content (AvgIpc) is 2.36. The van der Waals surface area contributed by atoms with Crippen LogP contribution in [0.4, 0.5) is 11.4 Å². The minimum Gasteiger partial charge on any atom is -0.466 e. The van der Waals surface area contributed by atoms with Gasteiger partial charge in [0.1, 0.15) is 0 Å². The molecule has 0 spiro atoms. The summed E-state index contributed by atoms with van der Waals surface area (Å²) in [4.78, 5) is 13.4. The number of carbonyl (C=O) groups excluding carboxylic acids is 1. The smallest absolute Gasteiger partial charge is 0.307 e. The highest BCUT2D eigenvalue weighted by Gasteiger charge is 2.12. The van der Waals surface area contributed by atoms with E-state index >= 15 is 0 Å². The van der Waals surface area contributed by atoms with Crippen molar-refractivity contribution >= 4 is 17.3 Å². The Labute approximate surface area is 115 Å². The molecule has 1 rings (SSSR count). The Kier molecular flexibility index (Phi) is 5.67. The van der Waals surface area contributed by atoms with E-state index in [1.165, 1.54) is 0 Å². The van der Waals surface area contributed by atoms with Crippen molar-refractivity contribution in [3.63, 3.8) is 0 Å². The zero-order valence-electron chi connectivity index (χ0n) is 12.3. The summed E-state index contributed by atoms with van der Waals surface area (Å²) in [7, 11) is 1.94. The number of nitrogens with zero attached hydrogens (tertiary/aromatic N) is 1. The van der Waals surface area contributed by atoms with Crippen LogP contribution in [0.5, 0.6) is 0 Å². The molecule has 4 heteroatoms. The molecule has 0 aliphatic heterocycles. The number of carbonyl (C=O) groups is 1. The molecule has 0 unspecified atom stereocenters. The van der Waals surface area contributed by atoms with Gasteiger partial charge in [-0.1, -0.05) is 26.0 Å². The summed E-state index contributed by atoms with van der Waals surface area (Å²) >= 11 is 0. The van der Waals surface area contributed by atoms with Crippen LogP contribution in [0.1, 0.15) is 38.7 Å². The van der Waals surface area contributed by atoms with Gasteiger partial charge in [0, 0.05) is 13.6 Å². The van der Waals surface area contributed by atoms with Gasteiger partial charge in [-0.25, -0.2) is 0 Å². The van der Waals surface area contributed by atoms with E-state index in [2.05, 4.69) is 13.8 Å². The van der Waals surface area contributed by atoms with Crippen LogP contribution < -0.4 is 10.6 Å². The monoisotopic (exact) mass is 264 g/mol. The van der Waals surface area contributed by atoms with E-state index in [-0.39, 0.29) is 5.97 Å². The van der Waals surface area contributed by atoms with Crippen molar-refractivity contribution < 1.29 is 9.53 Å². The van der Waals surface area contributed by atoms with Crippen molar-refractivity contribution in [1.29, 1.82) is 0 Å². The zero-order valence-corrected chi connectivity index (χ0v) is 12.3. The third kappa shape index (κ3) is 4.16. The molecule has 0 heterocycles. The second kappa shape index (κ2) is 7.02. The summed E-state index contributed by atoms with van der Waals surface area (Å²) in [5, 5.41) is 0. The van der Waals surface area contributed by atoms with E-state index < -0.39 is 0 Å². The fourth-order valence-electron chi connectivity index (χ4n) is 2.02. The van der Waals surface area contributed by atoms with Gasteiger partial charge in [0.15, 0.2) is 0 Å². The van der Waals surface area contributed by atoms with Crippen LogP contribution in [-0.4, -0.2) is 26.2 Å². The lowest BCUT2D eigenvalue weighted by atomic mass is 10.00. The van der Waals surface area contributed by atoms with Gasteiger partial charge in [-0.2, -0.15) is 0 Å². The zero-order chi connectivity index (χ0) is 14.4. The first-order valence-electron chi connectivity index (χ1n) is 6.72. The third-order valence-electron chi connectivity index (χ3n) is 3.11. The predicted molar refractivity (Wildman–Crippen MR) is 79.5 cm³/mol. The van der Waals surface area contributed by atoms with Crippen LogP contribution in [0.15, 0.2) is 18.2 Å². The Bertz CT molecular complexity index is 430. The van der Waals surface area contributed by atoms with Crippen molar-refractivity contribution in [3.05, 3.63) is 23.8 Å². The number of benzene rings is 1. The topological polar surface area (TPSA) is 55.6 Å². The van der Waals surface area contributed by atoms with Crippen LogP contribution in [0.2, 0.25) is 0 Å². The Balaban J connectivity index is 2.74. The molecule has 0 amide bonds. The number of nitrogens with two attached hydrogens (primary N) is 1. The van der Waals surface area contributed by atoms with Crippen molar-refractivity contribution in [3.8, 4) is 0 Å². The van der Waals surface area contributed by atoms with Gasteiger partial charge in [-0.3, -0.25) is 4.79 Å². The summed E-state index contributed by atoms with van der Waals surface area (Å²) in [6.07, 6.45) is 0.371. The van der Waals surface area contributed by atoms with Crippen LogP contribution in [0, 0.1) is 0 Å². The molecule has 0 bridgehead atoms. The average molecular weight is 264 g/mol. The maximum absolute atomic E-state index is 11.4. The first-order valence-corrected chi connectivity index (χ1v) is 6.72. The molecule has 106 valence electrons. The summed E-state index contributed by atoms with van der Waals surface area (Å²) < 4.78 is 4.92. The second-order valence-electron chi connectivity index (χ2n) is 4.91. The van der Waals surface area contributed by atoms with E-state index in [9.17, 15) is 4.79 Å². The maximum Gasteiger partial charge on any atom is 0.307 e. The number of hydrogen-bond acceptors (Lipinski definition) is 4. The predicted octanol–water partition coefficient (Wildman–Crippen LogP) is 2.78. The Hall–Kier alpha value is -1.71. The van der Waals surface area contributed by atoms with Crippen molar-refractivity contribution in [2.75, 3.05) is 30.8 Å². The van der Waals surface area contributed by atoms with Gasteiger partial charge in [0.05, 0.1) is 24.4 Å². The minimum atomic E-state index is -0.173. The van der Waals surface area contributed by atoms with Crippen LogP contribution in [0.25, 0.3) is 0 Å². The number of para-hydroxylation sites is 1. The molecule has 19 heavy (non-hydrogen) atoms. The molecule has 4 nitrogen and oxygen atoms in total. The van der Waals surface area contributed by atoms with E-state index in [0.29, 0.717) is 25.5 Å². The fourth-order valence-corrected chi connectivity index (χ4v) is 2.02. The van der Waals surface area contributed by atoms with Gasteiger partial charge in [-0.05, 0) is 24.5 Å². The number of esters is 1. The maximum atomic E-state index is 11.4. The number of anilines is 2. The molecule has 0 aromatic heterocycles. The molecule has 0 saturated carbocycles. The number of hydrogen-bond donors (Lipinski definition) is 1. The molecule has 2 N–H and O–H groups in total. The molecule has 1 aromatic carbocycles. The Morgan fingerprint density at radius 2 is 2.11 bits per heavy atom. The van der Waals surface area contributed by atoms with E-state index in [4.69, 9.17) is 10.5 Å². The number of rotatable bonds is 6. The molecular weight excluding hydrogens is 240 g/mol. The first kappa shape index (κ1) is 15.3. The molecule has 0 aliphatic rings. The van der Waals surface area contributed by atoms with E-state index in [0.717, 1.165) is 16.9 Å². The third-order valence-corrected chi connectivity index (χ3v) is 3.11. The van der Waals surface area contributed by atoms with Crippen molar-refractivity contribution in [2.24, 2.45) is 0 Å². The first-order chi connectivity index (χ1) is 8.97. The normalized spacial score (nSPS) is 10.6. The minimum absolute atomic E-state index is 0.173. The molecule has 0 fully saturated rings. The summed E-state index contributed by atoms with van der Waals surface area (Å²) in [5.41, 5.74) is 9.10. The van der Waals surface area contributed by atoms with Gasteiger partial charge < -0.3 is 15.4 Å². The molecule has 1 aromatic rings. The highest BCUT2D eigenvalue weighted by molar-refractivity contribution is 5.73.